The van der Waals surface area contributed by atoms with Crippen LogP contribution in [-0.4, -0.2) is 16.9 Å². The zero-order chi connectivity index (χ0) is 13.9. The summed E-state index contributed by atoms with van der Waals surface area (Å²) in [7, 11) is 0. The van der Waals surface area contributed by atoms with Crippen LogP contribution in [0.25, 0.3) is 0 Å². The van der Waals surface area contributed by atoms with Gasteiger partial charge in [-0.2, -0.15) is 13.2 Å². The Morgan fingerprint density at radius 2 is 1.78 bits per heavy atom. The standard InChI is InChI=1S/C11H8F4O3/c12-6-1-2-8(11(13,14)15)7(5-6)9(16)3-4-10(17)18/h1-2,5H,3-4H2,(H,17,18). The molecule has 0 heterocycles. The summed E-state index contributed by atoms with van der Waals surface area (Å²) < 4.78 is 50.5. The van der Waals surface area contributed by atoms with Gasteiger partial charge in [-0.15, -0.1) is 0 Å². The van der Waals surface area contributed by atoms with Gasteiger partial charge in [0.2, 0.25) is 0 Å². The Bertz CT molecular complexity index is 480. The van der Waals surface area contributed by atoms with Gasteiger partial charge in [-0.05, 0) is 18.2 Å². The van der Waals surface area contributed by atoms with E-state index in [-0.39, 0.29) is 0 Å². The van der Waals surface area contributed by atoms with Crippen molar-refractivity contribution in [3.05, 3.63) is 35.1 Å². The maximum absolute atomic E-state index is 12.9. The molecule has 0 unspecified atom stereocenters. The first kappa shape index (κ1) is 14.1. The van der Waals surface area contributed by atoms with E-state index >= 15 is 0 Å². The lowest BCUT2D eigenvalue weighted by Crippen LogP contribution is -2.14. The van der Waals surface area contributed by atoms with Crippen LogP contribution in [0.4, 0.5) is 17.6 Å². The average Bonchev–Trinajstić information content (AvgIpc) is 2.23. The van der Waals surface area contributed by atoms with Crippen LogP contribution in [-0.2, 0) is 11.0 Å². The van der Waals surface area contributed by atoms with Gasteiger partial charge in [0.25, 0.3) is 0 Å². The highest BCUT2D eigenvalue weighted by molar-refractivity contribution is 5.98. The van der Waals surface area contributed by atoms with Gasteiger partial charge < -0.3 is 5.11 Å². The summed E-state index contributed by atoms with van der Waals surface area (Å²) >= 11 is 0. The van der Waals surface area contributed by atoms with Crippen LogP contribution in [0.1, 0.15) is 28.8 Å². The van der Waals surface area contributed by atoms with E-state index in [0.717, 1.165) is 0 Å². The molecule has 0 aromatic heterocycles. The van der Waals surface area contributed by atoms with E-state index in [1.165, 1.54) is 0 Å². The Kier molecular flexibility index (Phi) is 4.05. The van der Waals surface area contributed by atoms with Crippen molar-refractivity contribution in [1.82, 2.24) is 0 Å². The number of carbonyl (C=O) groups is 2. The number of carbonyl (C=O) groups excluding carboxylic acids is 1. The Balaban J connectivity index is 3.09. The van der Waals surface area contributed by atoms with E-state index in [0.29, 0.717) is 18.2 Å². The molecule has 0 aliphatic carbocycles. The Labute approximate surface area is 99.0 Å². The second-order valence-electron chi connectivity index (χ2n) is 3.50. The maximum Gasteiger partial charge on any atom is 0.417 e. The maximum atomic E-state index is 12.9. The van der Waals surface area contributed by atoms with Crippen molar-refractivity contribution in [3.63, 3.8) is 0 Å². The summed E-state index contributed by atoms with van der Waals surface area (Å²) in [5.41, 5.74) is -2.11. The molecule has 0 aliphatic rings. The molecule has 3 nitrogen and oxygen atoms in total. The van der Waals surface area contributed by atoms with Crippen LogP contribution in [0.5, 0.6) is 0 Å². The van der Waals surface area contributed by atoms with Crippen molar-refractivity contribution < 1.29 is 32.3 Å². The fourth-order valence-corrected chi connectivity index (χ4v) is 1.35. The number of hydrogen-bond acceptors (Lipinski definition) is 2. The molecular formula is C11H8F4O3. The van der Waals surface area contributed by atoms with Crippen molar-refractivity contribution in [2.24, 2.45) is 0 Å². The third kappa shape index (κ3) is 3.54. The highest BCUT2D eigenvalue weighted by atomic mass is 19.4. The summed E-state index contributed by atoms with van der Waals surface area (Å²) in [5.74, 6) is -3.35. The quantitative estimate of drug-likeness (QED) is 0.672. The Morgan fingerprint density at radius 3 is 2.28 bits per heavy atom. The van der Waals surface area contributed by atoms with Crippen LogP contribution in [0.2, 0.25) is 0 Å². The van der Waals surface area contributed by atoms with Gasteiger partial charge in [-0.1, -0.05) is 0 Å². The lowest BCUT2D eigenvalue weighted by atomic mass is 10.00. The minimum absolute atomic E-state index is 0.462. The molecule has 98 valence electrons. The molecule has 0 amide bonds. The van der Waals surface area contributed by atoms with Crippen LogP contribution in [0.3, 0.4) is 0 Å². The number of benzene rings is 1. The summed E-state index contributed by atoms with van der Waals surface area (Å²) in [6.45, 7) is 0. The fourth-order valence-electron chi connectivity index (χ4n) is 1.35. The molecular weight excluding hydrogens is 256 g/mol. The second kappa shape index (κ2) is 5.16. The average molecular weight is 264 g/mol. The van der Waals surface area contributed by atoms with Crippen LogP contribution < -0.4 is 0 Å². The minimum atomic E-state index is -4.79. The predicted molar refractivity (Wildman–Crippen MR) is 52.6 cm³/mol. The van der Waals surface area contributed by atoms with Gasteiger partial charge >= 0.3 is 12.1 Å². The molecule has 1 aromatic rings. The molecule has 1 aromatic carbocycles. The zero-order valence-electron chi connectivity index (χ0n) is 8.92. The van der Waals surface area contributed by atoms with E-state index < -0.39 is 47.7 Å². The minimum Gasteiger partial charge on any atom is -0.481 e. The molecule has 1 N–H and O–H groups in total. The molecule has 0 bridgehead atoms. The number of carboxylic acids is 1. The summed E-state index contributed by atoms with van der Waals surface area (Å²) in [6.07, 6.45) is -6.00. The third-order valence-corrected chi connectivity index (χ3v) is 2.15. The number of rotatable bonds is 4. The smallest absolute Gasteiger partial charge is 0.417 e. The lowest BCUT2D eigenvalue weighted by Gasteiger charge is -2.11. The molecule has 0 atom stereocenters. The molecule has 0 aliphatic heterocycles. The van der Waals surface area contributed by atoms with Gasteiger partial charge in [0.1, 0.15) is 5.82 Å². The topological polar surface area (TPSA) is 54.4 Å². The highest BCUT2D eigenvalue weighted by Gasteiger charge is 2.35. The van der Waals surface area contributed by atoms with E-state index in [1.54, 1.807) is 0 Å². The number of aliphatic carboxylic acids is 1. The lowest BCUT2D eigenvalue weighted by molar-refractivity contribution is -0.138. The summed E-state index contributed by atoms with van der Waals surface area (Å²) in [6, 6.07) is 1.52. The number of carboxylic acid groups (broad SMARTS) is 1. The van der Waals surface area contributed by atoms with Crippen molar-refractivity contribution in [2.75, 3.05) is 0 Å². The van der Waals surface area contributed by atoms with Gasteiger partial charge in [-0.25, -0.2) is 4.39 Å². The number of hydrogen-bond donors (Lipinski definition) is 1. The zero-order valence-corrected chi connectivity index (χ0v) is 8.92. The number of alkyl halides is 3. The van der Waals surface area contributed by atoms with Crippen molar-refractivity contribution in [3.8, 4) is 0 Å². The largest absolute Gasteiger partial charge is 0.481 e. The van der Waals surface area contributed by atoms with Gasteiger partial charge in [0.05, 0.1) is 12.0 Å². The number of ketones is 1. The fraction of sp³-hybridized carbons (Fsp3) is 0.273. The molecule has 0 saturated heterocycles. The van der Waals surface area contributed by atoms with E-state index in [1.807, 2.05) is 0 Å². The Hall–Kier alpha value is -1.92. The number of Topliss-reactive ketones (excluding diaryl/α,β-unsaturated/α-hetero) is 1. The normalized spacial score (nSPS) is 11.3. The van der Waals surface area contributed by atoms with Crippen LogP contribution in [0, 0.1) is 5.82 Å². The molecule has 0 saturated carbocycles. The van der Waals surface area contributed by atoms with Crippen molar-refractivity contribution >= 4 is 11.8 Å². The summed E-state index contributed by atoms with van der Waals surface area (Å²) in [4.78, 5) is 21.7. The number of halogens is 4. The molecule has 0 radical (unpaired) electrons. The second-order valence-corrected chi connectivity index (χ2v) is 3.50. The van der Waals surface area contributed by atoms with Gasteiger partial charge in [0, 0.05) is 12.0 Å². The molecule has 0 fully saturated rings. The first-order valence-electron chi connectivity index (χ1n) is 4.83. The van der Waals surface area contributed by atoms with E-state index in [2.05, 4.69) is 0 Å². The predicted octanol–water partition coefficient (Wildman–Crippen LogP) is 2.89. The van der Waals surface area contributed by atoms with Crippen LogP contribution in [0.15, 0.2) is 18.2 Å². The molecule has 0 spiro atoms. The third-order valence-electron chi connectivity index (χ3n) is 2.15. The Morgan fingerprint density at radius 1 is 1.17 bits per heavy atom. The van der Waals surface area contributed by atoms with E-state index in [9.17, 15) is 27.2 Å². The molecule has 1 rings (SSSR count). The van der Waals surface area contributed by atoms with Gasteiger partial charge in [-0.3, -0.25) is 9.59 Å². The monoisotopic (exact) mass is 264 g/mol. The molecule has 18 heavy (non-hydrogen) atoms. The SMILES string of the molecule is O=C(O)CCC(=O)c1cc(F)ccc1C(F)(F)F. The van der Waals surface area contributed by atoms with Crippen molar-refractivity contribution in [1.29, 1.82) is 0 Å². The van der Waals surface area contributed by atoms with Crippen LogP contribution >= 0.6 is 0 Å². The first-order chi connectivity index (χ1) is 8.21. The van der Waals surface area contributed by atoms with Crippen molar-refractivity contribution in [2.45, 2.75) is 19.0 Å². The molecule has 7 heteroatoms. The summed E-state index contributed by atoms with van der Waals surface area (Å²) in [5, 5.41) is 8.34. The first-order valence-corrected chi connectivity index (χ1v) is 4.83. The van der Waals surface area contributed by atoms with Gasteiger partial charge in [0.15, 0.2) is 5.78 Å². The van der Waals surface area contributed by atoms with E-state index in [4.69, 9.17) is 5.11 Å². The highest BCUT2D eigenvalue weighted by Crippen LogP contribution is 2.33.